The monoisotopic (exact) mass is 398 g/mol. The summed E-state index contributed by atoms with van der Waals surface area (Å²) in [6.45, 7) is 12.7. The fourth-order valence-electron chi connectivity index (χ4n) is 3.22. The largest absolute Gasteiger partial charge is 0.462 e. The number of rotatable bonds is 6. The molecular formula is C23H30N2O2S. The van der Waals surface area contributed by atoms with Gasteiger partial charge in [0.25, 0.3) is 0 Å². The van der Waals surface area contributed by atoms with Crippen LogP contribution in [0.1, 0.15) is 59.4 Å². The highest BCUT2D eigenvalue weighted by atomic mass is 32.1. The van der Waals surface area contributed by atoms with Crippen LogP contribution in [-0.2, 0) is 4.74 Å². The molecule has 1 atom stereocenters. The highest BCUT2D eigenvalue weighted by molar-refractivity contribution is 7.80. The van der Waals surface area contributed by atoms with E-state index in [2.05, 4.69) is 56.5 Å². The Hall–Kier alpha value is -2.40. The van der Waals surface area contributed by atoms with E-state index in [1.54, 1.807) is 13.0 Å². The standard InChI is InChI=1S/C23H30N2O2S/c1-7-27-22(26)18-9-11-20(17(6)13-18)24-23(28)25-21(14(2)3)19-10-8-15(4)12-16(19)5/h8-14,21H,7H2,1-6H3,(H2,24,25,28). The SMILES string of the molecule is CCOC(=O)c1ccc(NC(=S)NC(c2ccc(C)cc2C)C(C)C)c(C)c1. The summed E-state index contributed by atoms with van der Waals surface area (Å²) < 4.78 is 5.05. The van der Waals surface area contributed by atoms with Crippen molar-refractivity contribution in [3.63, 3.8) is 0 Å². The Kier molecular flexibility index (Phi) is 7.58. The molecule has 1 unspecified atom stereocenters. The molecule has 5 heteroatoms. The highest BCUT2D eigenvalue weighted by Crippen LogP contribution is 2.26. The van der Waals surface area contributed by atoms with Crippen molar-refractivity contribution in [2.24, 2.45) is 5.92 Å². The number of nitrogens with one attached hydrogen (secondary N) is 2. The molecule has 150 valence electrons. The van der Waals surface area contributed by atoms with Gasteiger partial charge in [0.2, 0.25) is 0 Å². The summed E-state index contributed by atoms with van der Waals surface area (Å²) in [7, 11) is 0. The normalized spacial score (nSPS) is 11.8. The summed E-state index contributed by atoms with van der Waals surface area (Å²) in [6, 6.07) is 12.0. The van der Waals surface area contributed by atoms with Gasteiger partial charge in [-0.25, -0.2) is 4.79 Å². The predicted octanol–water partition coefficient (Wildman–Crippen LogP) is 5.47. The first-order valence-corrected chi connectivity index (χ1v) is 10.1. The molecule has 2 aromatic rings. The molecule has 0 fully saturated rings. The number of carbonyl (C=O) groups excluding carboxylic acids is 1. The Balaban J connectivity index is 2.14. The van der Waals surface area contributed by atoms with Crippen molar-refractivity contribution < 1.29 is 9.53 Å². The van der Waals surface area contributed by atoms with Crippen molar-refractivity contribution in [3.8, 4) is 0 Å². The molecule has 0 amide bonds. The number of ether oxygens (including phenoxy) is 1. The van der Waals surface area contributed by atoms with Crippen LogP contribution < -0.4 is 10.6 Å². The average Bonchev–Trinajstić information content (AvgIpc) is 2.62. The highest BCUT2D eigenvalue weighted by Gasteiger charge is 2.19. The maximum Gasteiger partial charge on any atom is 0.338 e. The van der Waals surface area contributed by atoms with Crippen LogP contribution in [0.25, 0.3) is 0 Å². The van der Waals surface area contributed by atoms with Gasteiger partial charge < -0.3 is 15.4 Å². The lowest BCUT2D eigenvalue weighted by Gasteiger charge is -2.26. The molecule has 0 aliphatic heterocycles. The molecule has 0 aromatic heterocycles. The first-order valence-electron chi connectivity index (χ1n) is 9.65. The minimum Gasteiger partial charge on any atom is -0.462 e. The zero-order valence-corrected chi connectivity index (χ0v) is 18.4. The smallest absolute Gasteiger partial charge is 0.338 e. The minimum atomic E-state index is -0.312. The van der Waals surface area contributed by atoms with E-state index < -0.39 is 0 Å². The Morgan fingerprint density at radius 1 is 1.07 bits per heavy atom. The van der Waals surface area contributed by atoms with Crippen LogP contribution in [0.5, 0.6) is 0 Å². The number of esters is 1. The second kappa shape index (κ2) is 9.69. The van der Waals surface area contributed by atoms with E-state index in [1.165, 1.54) is 16.7 Å². The lowest BCUT2D eigenvalue weighted by molar-refractivity contribution is 0.0526. The van der Waals surface area contributed by atoms with E-state index in [1.807, 2.05) is 19.1 Å². The van der Waals surface area contributed by atoms with E-state index >= 15 is 0 Å². The van der Waals surface area contributed by atoms with E-state index in [-0.39, 0.29) is 12.0 Å². The molecule has 0 heterocycles. The summed E-state index contributed by atoms with van der Waals surface area (Å²) in [5.74, 6) is 0.0565. The van der Waals surface area contributed by atoms with Crippen molar-refractivity contribution in [1.82, 2.24) is 5.32 Å². The van der Waals surface area contributed by atoms with Crippen molar-refractivity contribution in [3.05, 3.63) is 64.2 Å². The van der Waals surface area contributed by atoms with Gasteiger partial charge in [0.15, 0.2) is 5.11 Å². The van der Waals surface area contributed by atoms with Gasteiger partial charge in [0, 0.05) is 5.69 Å². The van der Waals surface area contributed by atoms with Gasteiger partial charge in [-0.2, -0.15) is 0 Å². The Bertz CT molecular complexity index is 862. The maximum absolute atomic E-state index is 11.9. The number of hydrogen-bond donors (Lipinski definition) is 2. The minimum absolute atomic E-state index is 0.111. The number of thiocarbonyl (C=S) groups is 1. The van der Waals surface area contributed by atoms with Crippen molar-refractivity contribution in [2.75, 3.05) is 11.9 Å². The number of aryl methyl sites for hydroxylation is 3. The van der Waals surface area contributed by atoms with Crippen molar-refractivity contribution >= 4 is 29.0 Å². The molecule has 0 spiro atoms. The predicted molar refractivity (Wildman–Crippen MR) is 120 cm³/mol. The van der Waals surface area contributed by atoms with E-state index in [0.717, 1.165) is 11.3 Å². The summed E-state index contributed by atoms with van der Waals surface area (Å²) in [4.78, 5) is 11.9. The van der Waals surface area contributed by atoms with Crippen molar-refractivity contribution in [2.45, 2.75) is 47.6 Å². The van der Waals surface area contributed by atoms with Crippen molar-refractivity contribution in [1.29, 1.82) is 0 Å². The lowest BCUT2D eigenvalue weighted by Crippen LogP contribution is -2.35. The molecular weight excluding hydrogens is 368 g/mol. The lowest BCUT2D eigenvalue weighted by atomic mass is 9.92. The van der Waals surface area contributed by atoms with Crippen LogP contribution in [0.3, 0.4) is 0 Å². The van der Waals surface area contributed by atoms with Gasteiger partial charge in [-0.15, -0.1) is 0 Å². The Morgan fingerprint density at radius 3 is 2.36 bits per heavy atom. The van der Waals surface area contributed by atoms with Gasteiger partial charge in [0.1, 0.15) is 0 Å². The number of hydrogen-bond acceptors (Lipinski definition) is 3. The fourth-order valence-corrected chi connectivity index (χ4v) is 3.46. The molecule has 0 radical (unpaired) electrons. The van der Waals surface area contributed by atoms with E-state index in [4.69, 9.17) is 17.0 Å². The van der Waals surface area contributed by atoms with Gasteiger partial charge >= 0.3 is 5.97 Å². The van der Waals surface area contributed by atoms with Crippen LogP contribution >= 0.6 is 12.2 Å². The topological polar surface area (TPSA) is 50.4 Å². The third kappa shape index (κ3) is 5.55. The molecule has 2 rings (SSSR count). The Labute approximate surface area is 173 Å². The zero-order valence-electron chi connectivity index (χ0n) is 17.6. The number of benzene rings is 2. The van der Waals surface area contributed by atoms with Gasteiger partial charge in [0.05, 0.1) is 18.2 Å². The zero-order chi connectivity index (χ0) is 20.8. The second-order valence-corrected chi connectivity index (χ2v) is 7.84. The van der Waals surface area contributed by atoms with Crippen LogP contribution in [0, 0.1) is 26.7 Å². The molecule has 2 aromatic carbocycles. The number of anilines is 1. The summed E-state index contributed by atoms with van der Waals surface area (Å²) >= 11 is 5.57. The molecule has 4 nitrogen and oxygen atoms in total. The fraction of sp³-hybridized carbons (Fsp3) is 0.391. The molecule has 0 saturated heterocycles. The molecule has 0 aliphatic carbocycles. The first-order chi connectivity index (χ1) is 13.2. The average molecular weight is 399 g/mol. The van der Waals surface area contributed by atoms with Gasteiger partial charge in [-0.05, 0) is 80.7 Å². The van der Waals surface area contributed by atoms with Gasteiger partial charge in [-0.1, -0.05) is 37.6 Å². The van der Waals surface area contributed by atoms with E-state index in [9.17, 15) is 4.79 Å². The Morgan fingerprint density at radius 2 is 1.79 bits per heavy atom. The molecule has 2 N–H and O–H groups in total. The van der Waals surface area contributed by atoms with Crippen LogP contribution in [0.2, 0.25) is 0 Å². The third-order valence-corrected chi connectivity index (χ3v) is 4.92. The summed E-state index contributed by atoms with van der Waals surface area (Å²) in [6.07, 6.45) is 0. The second-order valence-electron chi connectivity index (χ2n) is 7.43. The molecule has 0 bridgehead atoms. The molecule has 0 saturated carbocycles. The maximum atomic E-state index is 11.9. The van der Waals surface area contributed by atoms with E-state index in [0.29, 0.717) is 23.2 Å². The van der Waals surface area contributed by atoms with Crippen LogP contribution in [0.15, 0.2) is 36.4 Å². The van der Waals surface area contributed by atoms with Crippen LogP contribution in [0.4, 0.5) is 5.69 Å². The first kappa shape index (κ1) is 21.9. The molecule has 0 aliphatic rings. The third-order valence-electron chi connectivity index (χ3n) is 4.70. The van der Waals surface area contributed by atoms with Gasteiger partial charge in [-0.3, -0.25) is 0 Å². The molecule has 28 heavy (non-hydrogen) atoms. The quantitative estimate of drug-likeness (QED) is 0.499. The summed E-state index contributed by atoms with van der Waals surface area (Å²) in [5, 5.41) is 7.28. The number of carbonyl (C=O) groups is 1. The summed E-state index contributed by atoms with van der Waals surface area (Å²) in [5.41, 5.74) is 6.10. The van der Waals surface area contributed by atoms with Crippen LogP contribution in [-0.4, -0.2) is 17.7 Å².